The van der Waals surface area contributed by atoms with E-state index >= 15 is 0 Å². The molecule has 0 saturated heterocycles. The van der Waals surface area contributed by atoms with Crippen LogP contribution in [0.15, 0.2) is 12.2 Å². The zero-order chi connectivity index (χ0) is 5.86. The second-order valence-electron chi connectivity index (χ2n) is 1.47. The van der Waals surface area contributed by atoms with Crippen molar-refractivity contribution in [2.24, 2.45) is 0 Å². The van der Waals surface area contributed by atoms with Crippen LogP contribution in [0.2, 0.25) is 0 Å². The van der Waals surface area contributed by atoms with Crippen LogP contribution in [0.5, 0.6) is 0 Å². The lowest BCUT2D eigenvalue weighted by atomic mass is 10.2. The lowest BCUT2D eigenvalue weighted by Crippen LogP contribution is -2.03. The highest BCUT2D eigenvalue weighted by Crippen LogP contribution is 2.00. The first kappa shape index (κ1) is 7.18. The lowest BCUT2D eigenvalue weighted by molar-refractivity contribution is 0.233. The van der Waals surface area contributed by atoms with Gasteiger partial charge in [0.15, 0.2) is 0 Å². The molecule has 1 nitrogen and oxygen atoms in total. The van der Waals surface area contributed by atoms with Gasteiger partial charge in [0.25, 0.3) is 0 Å². The number of hydrogen-bond donors (Lipinski definition) is 1. The first-order valence-electron chi connectivity index (χ1n) is 2.10. The van der Waals surface area contributed by atoms with Crippen molar-refractivity contribution >= 4 is 15.9 Å². The smallest absolute Gasteiger partial charge is 0.0727 e. The van der Waals surface area contributed by atoms with Gasteiger partial charge in [-0.2, -0.15) is 0 Å². The molecule has 42 valence electrons. The van der Waals surface area contributed by atoms with Crippen LogP contribution in [-0.2, 0) is 0 Å². The van der Waals surface area contributed by atoms with Gasteiger partial charge < -0.3 is 5.11 Å². The first-order valence-corrected chi connectivity index (χ1v) is 3.22. The second kappa shape index (κ2) is 3.22. The van der Waals surface area contributed by atoms with Crippen LogP contribution in [0.4, 0.5) is 0 Å². The van der Waals surface area contributed by atoms with Crippen LogP contribution < -0.4 is 0 Å². The van der Waals surface area contributed by atoms with Crippen molar-refractivity contribution in [1.29, 1.82) is 0 Å². The number of aliphatic hydroxyl groups is 1. The Morgan fingerprint density at radius 3 is 2.43 bits per heavy atom. The molecule has 0 spiro atoms. The summed E-state index contributed by atoms with van der Waals surface area (Å²) < 4.78 is 0. The highest BCUT2D eigenvalue weighted by molar-refractivity contribution is 9.09. The van der Waals surface area contributed by atoms with Crippen molar-refractivity contribution in [1.82, 2.24) is 0 Å². The minimum absolute atomic E-state index is 0.376. The molecule has 0 heterocycles. The molecule has 0 aliphatic heterocycles. The minimum Gasteiger partial charge on any atom is -0.389 e. The summed E-state index contributed by atoms with van der Waals surface area (Å²) in [5.41, 5.74) is 0.819. The fourth-order valence-corrected chi connectivity index (χ4v) is 0.580. The van der Waals surface area contributed by atoms with Gasteiger partial charge in [-0.25, -0.2) is 0 Å². The van der Waals surface area contributed by atoms with E-state index in [1.54, 1.807) is 6.92 Å². The van der Waals surface area contributed by atoms with Crippen LogP contribution in [-0.4, -0.2) is 16.5 Å². The summed E-state index contributed by atoms with van der Waals surface area (Å²) in [6.45, 7) is 5.27. The minimum atomic E-state index is -0.376. The van der Waals surface area contributed by atoms with Crippen LogP contribution >= 0.6 is 15.9 Å². The third-order valence-electron chi connectivity index (χ3n) is 0.762. The number of aliphatic hydroxyl groups excluding tert-OH is 1. The van der Waals surface area contributed by atoms with E-state index in [4.69, 9.17) is 5.11 Å². The average Bonchev–Trinajstić information content (AvgIpc) is 1.65. The molecule has 0 rings (SSSR count). The molecule has 0 fully saturated rings. The van der Waals surface area contributed by atoms with Gasteiger partial charge in [-0.3, -0.25) is 0 Å². The van der Waals surface area contributed by atoms with Gasteiger partial charge >= 0.3 is 0 Å². The number of alkyl halides is 1. The van der Waals surface area contributed by atoms with Gasteiger partial charge in [0.05, 0.1) is 6.10 Å². The zero-order valence-corrected chi connectivity index (χ0v) is 5.90. The third kappa shape index (κ3) is 2.83. The fraction of sp³-hybridized carbons (Fsp3) is 0.600. The van der Waals surface area contributed by atoms with Gasteiger partial charge in [-0.1, -0.05) is 22.5 Å². The van der Waals surface area contributed by atoms with Gasteiger partial charge in [0.1, 0.15) is 0 Å². The standard InChI is InChI=1S/C5H9BrO/c1-4(3-6)5(2)7/h5,7H,1,3H2,2H3/t5-/m1/s1. The van der Waals surface area contributed by atoms with E-state index in [-0.39, 0.29) is 6.10 Å². The van der Waals surface area contributed by atoms with Gasteiger partial charge in [-0.15, -0.1) is 0 Å². The zero-order valence-electron chi connectivity index (χ0n) is 4.32. The topological polar surface area (TPSA) is 20.2 Å². The molecule has 2 heteroatoms. The first-order chi connectivity index (χ1) is 3.18. The quantitative estimate of drug-likeness (QED) is 0.483. The Balaban J connectivity index is 3.35. The van der Waals surface area contributed by atoms with Gasteiger partial charge in [0.2, 0.25) is 0 Å². The molecule has 0 unspecified atom stereocenters. The Labute approximate surface area is 52.2 Å². The van der Waals surface area contributed by atoms with Crippen molar-refractivity contribution in [3.63, 3.8) is 0 Å². The van der Waals surface area contributed by atoms with E-state index in [1.807, 2.05) is 0 Å². The molecule has 0 aromatic rings. The van der Waals surface area contributed by atoms with E-state index in [0.29, 0.717) is 5.33 Å². The van der Waals surface area contributed by atoms with Crippen molar-refractivity contribution in [2.75, 3.05) is 5.33 Å². The highest BCUT2D eigenvalue weighted by atomic mass is 79.9. The molecule has 0 aliphatic rings. The second-order valence-corrected chi connectivity index (χ2v) is 2.03. The molecule has 0 radical (unpaired) electrons. The highest BCUT2D eigenvalue weighted by Gasteiger charge is 1.96. The monoisotopic (exact) mass is 164 g/mol. The molecule has 0 saturated carbocycles. The van der Waals surface area contributed by atoms with Crippen LogP contribution in [0.1, 0.15) is 6.92 Å². The molecule has 0 aromatic heterocycles. The molecule has 0 bridgehead atoms. The van der Waals surface area contributed by atoms with E-state index in [1.165, 1.54) is 0 Å². The number of rotatable bonds is 2. The van der Waals surface area contributed by atoms with E-state index in [9.17, 15) is 0 Å². The molecule has 0 aromatic carbocycles. The van der Waals surface area contributed by atoms with Crippen LogP contribution in [0.25, 0.3) is 0 Å². The maximum absolute atomic E-state index is 8.69. The Morgan fingerprint density at radius 2 is 2.43 bits per heavy atom. The largest absolute Gasteiger partial charge is 0.389 e. The van der Waals surface area contributed by atoms with Gasteiger partial charge in [-0.05, 0) is 12.5 Å². The van der Waals surface area contributed by atoms with Gasteiger partial charge in [0, 0.05) is 5.33 Å². The summed E-state index contributed by atoms with van der Waals surface area (Å²) in [7, 11) is 0. The maximum atomic E-state index is 8.69. The lowest BCUT2D eigenvalue weighted by Gasteiger charge is -2.01. The summed E-state index contributed by atoms with van der Waals surface area (Å²) in [4.78, 5) is 0. The predicted octanol–water partition coefficient (Wildman–Crippen LogP) is 1.32. The summed E-state index contributed by atoms with van der Waals surface area (Å²) >= 11 is 3.16. The molecular formula is C5H9BrO. The van der Waals surface area contributed by atoms with E-state index in [2.05, 4.69) is 22.5 Å². The van der Waals surface area contributed by atoms with E-state index in [0.717, 1.165) is 5.57 Å². The molecule has 0 aliphatic carbocycles. The predicted molar refractivity (Wildman–Crippen MR) is 34.6 cm³/mol. The average molecular weight is 165 g/mol. The molecule has 0 amide bonds. The molecule has 1 atom stereocenters. The van der Waals surface area contributed by atoms with Crippen LogP contribution in [0, 0.1) is 0 Å². The Hall–Kier alpha value is 0.180. The van der Waals surface area contributed by atoms with Crippen molar-refractivity contribution in [3.05, 3.63) is 12.2 Å². The van der Waals surface area contributed by atoms with Crippen LogP contribution in [0.3, 0.4) is 0 Å². The normalized spacial score (nSPS) is 13.6. The molecule has 7 heavy (non-hydrogen) atoms. The van der Waals surface area contributed by atoms with Crippen molar-refractivity contribution in [3.8, 4) is 0 Å². The Bertz CT molecular complexity index is 68.5. The maximum Gasteiger partial charge on any atom is 0.0727 e. The summed E-state index contributed by atoms with van der Waals surface area (Å²) in [5.74, 6) is 0. The number of hydrogen-bond acceptors (Lipinski definition) is 1. The summed E-state index contributed by atoms with van der Waals surface area (Å²) in [5, 5.41) is 9.38. The third-order valence-corrected chi connectivity index (χ3v) is 1.48. The van der Waals surface area contributed by atoms with Crippen molar-refractivity contribution < 1.29 is 5.11 Å². The summed E-state index contributed by atoms with van der Waals surface area (Å²) in [6.07, 6.45) is -0.376. The number of halogens is 1. The molecule has 1 N–H and O–H groups in total. The Kier molecular flexibility index (Phi) is 3.30. The molecular weight excluding hydrogens is 156 g/mol. The summed E-state index contributed by atoms with van der Waals surface area (Å²) in [6, 6.07) is 0. The fourth-order valence-electron chi connectivity index (χ4n) is 0.112. The van der Waals surface area contributed by atoms with Crippen molar-refractivity contribution in [2.45, 2.75) is 13.0 Å². The SMILES string of the molecule is C=C(CBr)[C@@H](C)O. The van der Waals surface area contributed by atoms with E-state index < -0.39 is 0 Å². The Morgan fingerprint density at radius 1 is 2.00 bits per heavy atom.